The Kier molecular flexibility index (Phi) is 6.63. The standard InChI is InChI=1S/C22H28N2O/c25-22(24-17-21-12-7-13-23-21)16-20(14-18-8-3-1-4-9-18)15-19-10-5-2-6-11-19/h1-6,8-11,20-21,23H,7,12-17H2,(H,24,25). The molecule has 3 heteroatoms. The molecular formula is C22H28N2O. The Morgan fingerprint density at radius 3 is 2.12 bits per heavy atom. The molecule has 3 nitrogen and oxygen atoms in total. The van der Waals surface area contributed by atoms with Crippen molar-refractivity contribution in [2.45, 2.75) is 38.1 Å². The van der Waals surface area contributed by atoms with Gasteiger partial charge in [-0.3, -0.25) is 4.79 Å². The first-order valence-electron chi connectivity index (χ1n) is 9.37. The second-order valence-electron chi connectivity index (χ2n) is 7.05. The third-order valence-electron chi connectivity index (χ3n) is 4.92. The van der Waals surface area contributed by atoms with E-state index in [-0.39, 0.29) is 5.91 Å². The molecule has 1 aliphatic rings. The van der Waals surface area contributed by atoms with E-state index in [1.165, 1.54) is 17.5 Å². The van der Waals surface area contributed by atoms with Crippen molar-refractivity contribution in [2.24, 2.45) is 5.92 Å². The molecule has 1 amide bonds. The molecule has 0 radical (unpaired) electrons. The van der Waals surface area contributed by atoms with E-state index >= 15 is 0 Å². The van der Waals surface area contributed by atoms with Gasteiger partial charge in [-0.25, -0.2) is 0 Å². The molecule has 2 aromatic carbocycles. The van der Waals surface area contributed by atoms with Crippen molar-refractivity contribution in [3.8, 4) is 0 Å². The summed E-state index contributed by atoms with van der Waals surface area (Å²) in [5.74, 6) is 0.492. The number of rotatable bonds is 8. The molecule has 1 unspecified atom stereocenters. The van der Waals surface area contributed by atoms with Crippen molar-refractivity contribution in [2.75, 3.05) is 13.1 Å². The van der Waals surface area contributed by atoms with Crippen LogP contribution < -0.4 is 10.6 Å². The van der Waals surface area contributed by atoms with Gasteiger partial charge in [-0.15, -0.1) is 0 Å². The highest BCUT2D eigenvalue weighted by molar-refractivity contribution is 5.76. The van der Waals surface area contributed by atoms with Gasteiger partial charge in [-0.2, -0.15) is 0 Å². The molecule has 1 aliphatic heterocycles. The van der Waals surface area contributed by atoms with Gasteiger partial charge in [0, 0.05) is 19.0 Å². The zero-order valence-electron chi connectivity index (χ0n) is 14.8. The number of hydrogen-bond acceptors (Lipinski definition) is 2. The fourth-order valence-electron chi connectivity index (χ4n) is 3.61. The zero-order valence-corrected chi connectivity index (χ0v) is 14.8. The Labute approximate surface area is 150 Å². The molecule has 0 bridgehead atoms. The molecule has 132 valence electrons. The molecule has 0 aliphatic carbocycles. The van der Waals surface area contributed by atoms with Crippen LogP contribution in [0.1, 0.15) is 30.4 Å². The van der Waals surface area contributed by atoms with Crippen molar-refractivity contribution < 1.29 is 4.79 Å². The Morgan fingerprint density at radius 1 is 1.00 bits per heavy atom. The van der Waals surface area contributed by atoms with Crippen LogP contribution in [0.4, 0.5) is 0 Å². The third kappa shape index (κ3) is 6.02. The van der Waals surface area contributed by atoms with Gasteiger partial charge >= 0.3 is 0 Å². The van der Waals surface area contributed by atoms with Gasteiger partial charge in [0.15, 0.2) is 0 Å². The first-order chi connectivity index (χ1) is 12.3. The minimum absolute atomic E-state index is 0.172. The van der Waals surface area contributed by atoms with E-state index in [9.17, 15) is 4.79 Å². The van der Waals surface area contributed by atoms with E-state index in [4.69, 9.17) is 0 Å². The van der Waals surface area contributed by atoms with Gasteiger partial charge in [0.25, 0.3) is 0 Å². The third-order valence-corrected chi connectivity index (χ3v) is 4.92. The highest BCUT2D eigenvalue weighted by atomic mass is 16.1. The average molecular weight is 336 g/mol. The Morgan fingerprint density at radius 2 is 1.60 bits per heavy atom. The van der Waals surface area contributed by atoms with Crippen molar-refractivity contribution in [3.05, 3.63) is 71.8 Å². The minimum Gasteiger partial charge on any atom is -0.355 e. The van der Waals surface area contributed by atoms with Crippen LogP contribution in [0.3, 0.4) is 0 Å². The Balaban J connectivity index is 1.57. The Hall–Kier alpha value is -2.13. The van der Waals surface area contributed by atoms with E-state index in [0.717, 1.165) is 32.4 Å². The van der Waals surface area contributed by atoms with Crippen molar-refractivity contribution in [1.82, 2.24) is 10.6 Å². The van der Waals surface area contributed by atoms with Crippen LogP contribution in [-0.4, -0.2) is 25.0 Å². The number of nitrogens with one attached hydrogen (secondary N) is 2. The molecule has 0 saturated carbocycles. The van der Waals surface area contributed by atoms with Gasteiger partial charge in [0.05, 0.1) is 0 Å². The highest BCUT2D eigenvalue weighted by Gasteiger charge is 2.18. The van der Waals surface area contributed by atoms with Crippen LogP contribution in [0.2, 0.25) is 0 Å². The van der Waals surface area contributed by atoms with Crippen LogP contribution in [-0.2, 0) is 17.6 Å². The lowest BCUT2D eigenvalue weighted by atomic mass is 9.89. The fraction of sp³-hybridized carbons (Fsp3) is 0.409. The lowest BCUT2D eigenvalue weighted by Crippen LogP contribution is -2.38. The van der Waals surface area contributed by atoms with Crippen LogP contribution in [0.25, 0.3) is 0 Å². The summed E-state index contributed by atoms with van der Waals surface area (Å²) in [4.78, 5) is 12.5. The van der Waals surface area contributed by atoms with Crippen LogP contribution in [0.5, 0.6) is 0 Å². The number of hydrogen-bond donors (Lipinski definition) is 2. The van der Waals surface area contributed by atoms with Crippen LogP contribution in [0, 0.1) is 5.92 Å². The SMILES string of the molecule is O=C(CC(Cc1ccccc1)Cc1ccccc1)NCC1CCCN1. The number of amides is 1. The van der Waals surface area contributed by atoms with Crippen molar-refractivity contribution >= 4 is 5.91 Å². The van der Waals surface area contributed by atoms with Crippen LogP contribution in [0.15, 0.2) is 60.7 Å². The first kappa shape index (κ1) is 17.7. The summed E-state index contributed by atoms with van der Waals surface area (Å²) in [5.41, 5.74) is 2.60. The second-order valence-corrected chi connectivity index (χ2v) is 7.05. The largest absolute Gasteiger partial charge is 0.355 e. The highest BCUT2D eigenvalue weighted by Crippen LogP contribution is 2.18. The van der Waals surface area contributed by atoms with E-state index in [1.54, 1.807) is 0 Å². The molecule has 2 aromatic rings. The smallest absolute Gasteiger partial charge is 0.220 e. The summed E-state index contributed by atoms with van der Waals surface area (Å²) in [5, 5.41) is 6.56. The summed E-state index contributed by atoms with van der Waals surface area (Å²) in [6, 6.07) is 21.4. The summed E-state index contributed by atoms with van der Waals surface area (Å²) in [7, 11) is 0. The monoisotopic (exact) mass is 336 g/mol. The lowest BCUT2D eigenvalue weighted by molar-refractivity contribution is -0.122. The maximum absolute atomic E-state index is 12.5. The Bertz CT molecular complexity index is 594. The molecule has 2 N–H and O–H groups in total. The van der Waals surface area contributed by atoms with Gasteiger partial charge in [-0.05, 0) is 49.3 Å². The fourth-order valence-corrected chi connectivity index (χ4v) is 3.61. The molecule has 1 saturated heterocycles. The minimum atomic E-state index is 0.172. The van der Waals surface area contributed by atoms with Crippen molar-refractivity contribution in [1.29, 1.82) is 0 Å². The molecular weight excluding hydrogens is 308 g/mol. The molecule has 3 rings (SSSR count). The molecule has 1 fully saturated rings. The topological polar surface area (TPSA) is 41.1 Å². The maximum Gasteiger partial charge on any atom is 0.220 e. The van der Waals surface area contributed by atoms with Gasteiger partial charge in [-0.1, -0.05) is 60.7 Å². The summed E-state index contributed by atoms with van der Waals surface area (Å²) in [6.07, 6.45) is 4.83. The molecule has 1 atom stereocenters. The maximum atomic E-state index is 12.5. The normalized spacial score (nSPS) is 16.9. The van der Waals surface area contributed by atoms with E-state index in [1.807, 2.05) is 12.1 Å². The van der Waals surface area contributed by atoms with Crippen LogP contribution >= 0.6 is 0 Å². The predicted molar refractivity (Wildman–Crippen MR) is 102 cm³/mol. The summed E-state index contributed by atoms with van der Waals surface area (Å²) < 4.78 is 0. The van der Waals surface area contributed by atoms with E-state index < -0.39 is 0 Å². The van der Waals surface area contributed by atoms with Crippen molar-refractivity contribution in [3.63, 3.8) is 0 Å². The molecule has 0 spiro atoms. The number of carbonyl (C=O) groups is 1. The summed E-state index contributed by atoms with van der Waals surface area (Å²) >= 11 is 0. The molecule has 0 aromatic heterocycles. The predicted octanol–water partition coefficient (Wildman–Crippen LogP) is 3.35. The molecule has 1 heterocycles. The lowest BCUT2D eigenvalue weighted by Gasteiger charge is -2.18. The van der Waals surface area contributed by atoms with Gasteiger partial charge in [0.2, 0.25) is 5.91 Å². The number of carbonyl (C=O) groups excluding carboxylic acids is 1. The second kappa shape index (κ2) is 9.38. The number of benzene rings is 2. The van der Waals surface area contributed by atoms with E-state index in [0.29, 0.717) is 18.4 Å². The average Bonchev–Trinajstić information content (AvgIpc) is 3.15. The van der Waals surface area contributed by atoms with Gasteiger partial charge < -0.3 is 10.6 Å². The molecule has 25 heavy (non-hydrogen) atoms. The van der Waals surface area contributed by atoms with Gasteiger partial charge in [0.1, 0.15) is 0 Å². The first-order valence-corrected chi connectivity index (χ1v) is 9.37. The zero-order chi connectivity index (χ0) is 17.3. The summed E-state index contributed by atoms with van der Waals surface area (Å²) in [6.45, 7) is 1.83. The van der Waals surface area contributed by atoms with E-state index in [2.05, 4.69) is 59.2 Å². The quantitative estimate of drug-likeness (QED) is 0.776.